The van der Waals surface area contributed by atoms with E-state index in [9.17, 15) is 0 Å². The van der Waals surface area contributed by atoms with Gasteiger partial charge >= 0.3 is 18.9 Å². The van der Waals surface area contributed by atoms with Gasteiger partial charge in [-0.1, -0.05) is 0 Å². The van der Waals surface area contributed by atoms with Gasteiger partial charge < -0.3 is 6.07 Å². The van der Waals surface area contributed by atoms with Crippen LogP contribution in [0.15, 0.2) is 18.7 Å². The standard InChI is InChI=1S/C4H3N2.Li/c1-2-5-4-6-3-1;/h2-4H;/q-1;+1. The minimum Gasteiger partial charge on any atom is -0.434 e. The van der Waals surface area contributed by atoms with Crippen LogP contribution < -0.4 is 18.9 Å². The Balaban J connectivity index is 0.000000360. The third-order valence-corrected chi connectivity index (χ3v) is 0.431. The van der Waals surface area contributed by atoms with Crippen molar-refractivity contribution < 1.29 is 18.9 Å². The molecule has 1 aromatic rings. The molecule has 0 bridgehead atoms. The smallest absolute Gasteiger partial charge is 0.434 e. The molecule has 0 aliphatic carbocycles. The number of hydrogen-bond donors (Lipinski definition) is 0. The molecular weight excluding hydrogens is 83.0 g/mol. The minimum absolute atomic E-state index is 0. The van der Waals surface area contributed by atoms with E-state index in [1.54, 1.807) is 12.4 Å². The molecule has 0 amide bonds. The first-order valence-electron chi connectivity index (χ1n) is 1.61. The Morgan fingerprint density at radius 2 is 1.71 bits per heavy atom. The fourth-order valence-electron chi connectivity index (χ4n) is 0.225. The Bertz CT molecular complexity index is 81.6. The summed E-state index contributed by atoms with van der Waals surface area (Å²) in [6.45, 7) is 0. The van der Waals surface area contributed by atoms with Gasteiger partial charge in [0.1, 0.15) is 6.33 Å². The van der Waals surface area contributed by atoms with Crippen molar-refractivity contribution in [3.8, 4) is 0 Å². The zero-order valence-electron chi connectivity index (χ0n) is 4.13. The predicted octanol–water partition coefficient (Wildman–Crippen LogP) is -2.72. The van der Waals surface area contributed by atoms with Crippen LogP contribution in [0, 0.1) is 6.07 Å². The third kappa shape index (κ3) is 2.38. The van der Waals surface area contributed by atoms with Gasteiger partial charge in [0, 0.05) is 0 Å². The molecule has 0 aromatic carbocycles. The summed E-state index contributed by atoms with van der Waals surface area (Å²) in [7, 11) is 0. The van der Waals surface area contributed by atoms with Gasteiger partial charge in [-0.25, -0.2) is 0 Å². The normalized spacial score (nSPS) is 6.86. The maximum absolute atomic E-state index is 3.62. The van der Waals surface area contributed by atoms with Crippen LogP contribution in [0.4, 0.5) is 0 Å². The average Bonchev–Trinajstić information content (AvgIpc) is 1.72. The second kappa shape index (κ2) is 3.85. The molecule has 0 spiro atoms. The summed E-state index contributed by atoms with van der Waals surface area (Å²) in [6, 6.07) is 2.67. The largest absolute Gasteiger partial charge is 1.00 e. The molecule has 0 aliphatic heterocycles. The van der Waals surface area contributed by atoms with E-state index in [1.807, 2.05) is 0 Å². The van der Waals surface area contributed by atoms with Crippen molar-refractivity contribution >= 4 is 0 Å². The Morgan fingerprint density at radius 3 is 1.86 bits per heavy atom. The van der Waals surface area contributed by atoms with Gasteiger partial charge in [0.05, 0.1) is 0 Å². The number of hydrogen-bond acceptors (Lipinski definition) is 2. The van der Waals surface area contributed by atoms with Crippen molar-refractivity contribution in [2.24, 2.45) is 0 Å². The first-order valence-corrected chi connectivity index (χ1v) is 1.61. The number of rotatable bonds is 0. The van der Waals surface area contributed by atoms with Gasteiger partial charge in [-0.15, -0.1) is 12.4 Å². The third-order valence-electron chi connectivity index (χ3n) is 0.431. The molecule has 0 saturated heterocycles. The van der Waals surface area contributed by atoms with E-state index in [-0.39, 0.29) is 18.9 Å². The second-order valence-corrected chi connectivity index (χ2v) is 0.838. The van der Waals surface area contributed by atoms with Gasteiger partial charge in [-0.2, -0.15) is 0 Å². The van der Waals surface area contributed by atoms with Crippen LogP contribution in [0.2, 0.25) is 0 Å². The molecular formula is C4H3LiN2. The molecule has 3 heteroatoms. The quantitative estimate of drug-likeness (QED) is 0.253. The van der Waals surface area contributed by atoms with Gasteiger partial charge in [-0.3, -0.25) is 9.97 Å². The van der Waals surface area contributed by atoms with Crippen LogP contribution in [0.25, 0.3) is 0 Å². The van der Waals surface area contributed by atoms with E-state index in [1.165, 1.54) is 6.33 Å². The molecule has 0 fully saturated rings. The Morgan fingerprint density at radius 1 is 1.14 bits per heavy atom. The monoisotopic (exact) mass is 86.0 g/mol. The summed E-state index contributed by atoms with van der Waals surface area (Å²) < 4.78 is 0. The van der Waals surface area contributed by atoms with E-state index in [0.29, 0.717) is 0 Å². The van der Waals surface area contributed by atoms with Crippen molar-refractivity contribution in [1.82, 2.24) is 9.97 Å². The summed E-state index contributed by atoms with van der Waals surface area (Å²) in [5.41, 5.74) is 0. The summed E-state index contributed by atoms with van der Waals surface area (Å²) >= 11 is 0. The van der Waals surface area contributed by atoms with Crippen LogP contribution in [0.1, 0.15) is 0 Å². The molecule has 0 radical (unpaired) electrons. The SMILES string of the molecule is [Li+].[c-]1cncnc1. The zero-order valence-corrected chi connectivity index (χ0v) is 4.13. The Kier molecular flexibility index (Phi) is 3.68. The molecule has 1 aromatic heterocycles. The molecule has 0 unspecified atom stereocenters. The fourth-order valence-corrected chi connectivity index (χ4v) is 0.225. The zero-order chi connectivity index (χ0) is 4.24. The average molecular weight is 86.0 g/mol. The maximum Gasteiger partial charge on any atom is 1.00 e. The maximum atomic E-state index is 3.62. The molecule has 30 valence electrons. The van der Waals surface area contributed by atoms with Crippen molar-refractivity contribution in [3.63, 3.8) is 0 Å². The van der Waals surface area contributed by atoms with Crippen LogP contribution in [0.5, 0.6) is 0 Å². The van der Waals surface area contributed by atoms with Crippen LogP contribution in [-0.2, 0) is 0 Å². The van der Waals surface area contributed by atoms with Crippen molar-refractivity contribution in [2.45, 2.75) is 0 Å². The summed E-state index contributed by atoms with van der Waals surface area (Å²) in [4.78, 5) is 7.24. The topological polar surface area (TPSA) is 25.8 Å². The van der Waals surface area contributed by atoms with E-state index >= 15 is 0 Å². The summed E-state index contributed by atoms with van der Waals surface area (Å²) in [5, 5.41) is 0. The van der Waals surface area contributed by atoms with E-state index in [4.69, 9.17) is 0 Å². The van der Waals surface area contributed by atoms with Gasteiger partial charge in [0.25, 0.3) is 0 Å². The molecule has 0 atom stereocenters. The molecule has 7 heavy (non-hydrogen) atoms. The number of aromatic nitrogens is 2. The van der Waals surface area contributed by atoms with Crippen molar-refractivity contribution in [3.05, 3.63) is 24.8 Å². The van der Waals surface area contributed by atoms with Crippen molar-refractivity contribution in [2.75, 3.05) is 0 Å². The second-order valence-electron chi connectivity index (χ2n) is 0.838. The van der Waals surface area contributed by atoms with Crippen LogP contribution in [0.3, 0.4) is 0 Å². The van der Waals surface area contributed by atoms with Crippen LogP contribution >= 0.6 is 0 Å². The fraction of sp³-hybridized carbons (Fsp3) is 0. The molecule has 0 aliphatic rings. The molecule has 2 nitrogen and oxygen atoms in total. The molecule has 0 saturated carbocycles. The first-order chi connectivity index (χ1) is 3.00. The van der Waals surface area contributed by atoms with Crippen LogP contribution in [-0.4, -0.2) is 9.97 Å². The number of nitrogens with zero attached hydrogens (tertiary/aromatic N) is 2. The van der Waals surface area contributed by atoms with Gasteiger partial charge in [-0.05, 0) is 0 Å². The summed E-state index contributed by atoms with van der Waals surface area (Å²) in [5.74, 6) is 0. The Hall–Kier alpha value is -0.323. The Labute approximate surface area is 54.2 Å². The van der Waals surface area contributed by atoms with Gasteiger partial charge in [0.2, 0.25) is 0 Å². The predicted molar refractivity (Wildman–Crippen MR) is 20.9 cm³/mol. The van der Waals surface area contributed by atoms with Crippen molar-refractivity contribution in [1.29, 1.82) is 0 Å². The molecule has 0 N–H and O–H groups in total. The molecule has 1 heterocycles. The van der Waals surface area contributed by atoms with Gasteiger partial charge in [0.15, 0.2) is 0 Å². The minimum atomic E-state index is 0. The van der Waals surface area contributed by atoms with E-state index in [2.05, 4.69) is 16.0 Å². The van der Waals surface area contributed by atoms with E-state index < -0.39 is 0 Å². The van der Waals surface area contributed by atoms with E-state index in [0.717, 1.165) is 0 Å². The molecule has 1 rings (SSSR count). The first kappa shape index (κ1) is 6.68. The summed E-state index contributed by atoms with van der Waals surface area (Å²) in [6.07, 6.45) is 4.59.